The maximum atomic E-state index is 11.0. The molecule has 0 aliphatic rings. The molecule has 0 bridgehead atoms. The molecule has 2 aromatic rings. The van der Waals surface area contributed by atoms with Crippen molar-refractivity contribution in [2.75, 3.05) is 0 Å². The third-order valence-electron chi connectivity index (χ3n) is 2.06. The predicted molar refractivity (Wildman–Crippen MR) is 59.6 cm³/mol. The van der Waals surface area contributed by atoms with Gasteiger partial charge >= 0.3 is 18.9 Å². The van der Waals surface area contributed by atoms with Gasteiger partial charge in [-0.15, -0.1) is 0 Å². The monoisotopic (exact) mass is 179 g/mol. The summed E-state index contributed by atoms with van der Waals surface area (Å²) < 4.78 is 0. The third-order valence-corrected chi connectivity index (χ3v) is 2.06. The zero-order valence-corrected chi connectivity index (χ0v) is 7.03. The number of carbonyl (C=O) groups is 1. The molecule has 0 aliphatic carbocycles. The summed E-state index contributed by atoms with van der Waals surface area (Å²) in [5.74, 6) is -0.378. The second-order valence-electron chi connectivity index (χ2n) is 2.89. The number of fused-ring (bicyclic) bond motifs is 1. The summed E-state index contributed by atoms with van der Waals surface area (Å²) in [5.41, 5.74) is 5.82. The Kier molecular flexibility index (Phi) is 3.35. The molecule has 0 aromatic heterocycles. The molecule has 0 atom stereocenters. The van der Waals surface area contributed by atoms with E-state index in [1.54, 1.807) is 6.07 Å². The molecule has 0 saturated carbocycles. The summed E-state index contributed by atoms with van der Waals surface area (Å²) in [7, 11) is 0. The maximum absolute atomic E-state index is 11.0. The number of nitrogens with two attached hydrogens (primary N) is 1. The van der Waals surface area contributed by atoms with Crippen LogP contribution in [0.1, 0.15) is 10.4 Å². The standard InChI is InChI=1S/C11H9NO.Li.H/c12-11(13)10-7-3-5-8-4-1-2-6-9(8)10;;/h1-7H,(H2,12,13);;. The molecule has 2 nitrogen and oxygen atoms in total. The second kappa shape index (κ2) is 4.32. The molecule has 2 rings (SSSR count). The summed E-state index contributed by atoms with van der Waals surface area (Å²) in [5, 5.41) is 1.95. The Hall–Kier alpha value is -1.23. The van der Waals surface area contributed by atoms with E-state index >= 15 is 0 Å². The zero-order chi connectivity index (χ0) is 9.26. The molecule has 0 unspecified atom stereocenters. The molecule has 2 aromatic carbocycles. The Morgan fingerprint density at radius 2 is 1.64 bits per heavy atom. The van der Waals surface area contributed by atoms with Gasteiger partial charge in [0.05, 0.1) is 0 Å². The Morgan fingerprint density at radius 1 is 1.00 bits per heavy atom. The van der Waals surface area contributed by atoms with Gasteiger partial charge in [0.15, 0.2) is 0 Å². The first-order chi connectivity index (χ1) is 6.29. The van der Waals surface area contributed by atoms with E-state index < -0.39 is 0 Å². The van der Waals surface area contributed by atoms with Crippen LogP contribution in [0.25, 0.3) is 10.8 Å². The van der Waals surface area contributed by atoms with Crippen LogP contribution < -0.4 is 5.73 Å². The normalized spacial score (nSPS) is 9.43. The van der Waals surface area contributed by atoms with E-state index in [1.165, 1.54) is 0 Å². The summed E-state index contributed by atoms with van der Waals surface area (Å²) in [6.07, 6.45) is 0. The SMILES string of the molecule is NC(=O)c1cccc2ccccc12.[LiH]. The molecule has 0 fully saturated rings. The van der Waals surface area contributed by atoms with Crippen LogP contribution in [0.2, 0.25) is 0 Å². The van der Waals surface area contributed by atoms with Gasteiger partial charge in [-0.25, -0.2) is 0 Å². The van der Waals surface area contributed by atoms with Crippen LogP contribution >= 0.6 is 0 Å². The van der Waals surface area contributed by atoms with Gasteiger partial charge in [-0.05, 0) is 16.8 Å². The van der Waals surface area contributed by atoms with Crippen molar-refractivity contribution in [2.24, 2.45) is 5.73 Å². The van der Waals surface area contributed by atoms with Crippen molar-refractivity contribution in [1.29, 1.82) is 0 Å². The van der Waals surface area contributed by atoms with E-state index in [2.05, 4.69) is 0 Å². The fourth-order valence-corrected chi connectivity index (χ4v) is 1.44. The molecule has 0 heterocycles. The van der Waals surface area contributed by atoms with Crippen molar-refractivity contribution < 1.29 is 4.79 Å². The van der Waals surface area contributed by atoms with Crippen LogP contribution in [-0.2, 0) is 0 Å². The predicted octanol–water partition coefficient (Wildman–Crippen LogP) is 1.29. The topological polar surface area (TPSA) is 43.1 Å². The van der Waals surface area contributed by atoms with Crippen LogP contribution in [0.4, 0.5) is 0 Å². The van der Waals surface area contributed by atoms with Gasteiger partial charge in [0, 0.05) is 5.56 Å². The minimum absolute atomic E-state index is 0. The molecular formula is C11H10LiNO. The van der Waals surface area contributed by atoms with E-state index in [4.69, 9.17) is 5.73 Å². The van der Waals surface area contributed by atoms with Crippen LogP contribution in [-0.4, -0.2) is 24.8 Å². The third kappa shape index (κ3) is 1.82. The minimum atomic E-state index is -0.378. The number of hydrogen-bond acceptors (Lipinski definition) is 1. The van der Waals surface area contributed by atoms with E-state index in [0.717, 1.165) is 10.8 Å². The van der Waals surface area contributed by atoms with E-state index in [-0.39, 0.29) is 24.8 Å². The van der Waals surface area contributed by atoms with Crippen molar-refractivity contribution in [3.63, 3.8) is 0 Å². The Bertz CT molecular complexity index is 462. The molecule has 1 amide bonds. The quantitative estimate of drug-likeness (QED) is 0.658. The van der Waals surface area contributed by atoms with Crippen molar-refractivity contribution in [3.05, 3.63) is 48.0 Å². The van der Waals surface area contributed by atoms with E-state index in [0.29, 0.717) is 5.56 Å². The molecule has 0 radical (unpaired) electrons. The van der Waals surface area contributed by atoms with Gasteiger partial charge in [-0.1, -0.05) is 36.4 Å². The van der Waals surface area contributed by atoms with E-state index in [1.807, 2.05) is 36.4 Å². The average Bonchev–Trinajstić information content (AvgIpc) is 2.17. The van der Waals surface area contributed by atoms with Gasteiger partial charge in [-0.3, -0.25) is 4.79 Å². The van der Waals surface area contributed by atoms with Crippen molar-refractivity contribution in [2.45, 2.75) is 0 Å². The zero-order valence-electron chi connectivity index (χ0n) is 7.03. The number of carbonyl (C=O) groups excluding carboxylic acids is 1. The van der Waals surface area contributed by atoms with Gasteiger partial charge in [0.2, 0.25) is 5.91 Å². The van der Waals surface area contributed by atoms with Gasteiger partial charge in [-0.2, -0.15) is 0 Å². The number of rotatable bonds is 1. The first-order valence-corrected chi connectivity index (χ1v) is 4.06. The van der Waals surface area contributed by atoms with Gasteiger partial charge < -0.3 is 5.73 Å². The second-order valence-corrected chi connectivity index (χ2v) is 2.89. The van der Waals surface area contributed by atoms with Crippen molar-refractivity contribution in [3.8, 4) is 0 Å². The average molecular weight is 179 g/mol. The summed E-state index contributed by atoms with van der Waals surface area (Å²) in [6, 6.07) is 13.2. The molecule has 3 heteroatoms. The Labute approximate surface area is 94.3 Å². The number of amides is 1. The fraction of sp³-hybridized carbons (Fsp3) is 0. The number of benzene rings is 2. The fourth-order valence-electron chi connectivity index (χ4n) is 1.44. The van der Waals surface area contributed by atoms with Crippen LogP contribution in [0.5, 0.6) is 0 Å². The summed E-state index contributed by atoms with van der Waals surface area (Å²) in [4.78, 5) is 11.0. The molecule has 0 spiro atoms. The van der Waals surface area contributed by atoms with Crippen molar-refractivity contribution >= 4 is 35.5 Å². The number of hydrogen-bond donors (Lipinski definition) is 1. The van der Waals surface area contributed by atoms with Gasteiger partial charge in [0.25, 0.3) is 0 Å². The van der Waals surface area contributed by atoms with Crippen LogP contribution in [0.3, 0.4) is 0 Å². The summed E-state index contributed by atoms with van der Waals surface area (Å²) in [6.45, 7) is 0. The first kappa shape index (κ1) is 10.8. The molecular weight excluding hydrogens is 169 g/mol. The molecule has 0 saturated heterocycles. The van der Waals surface area contributed by atoms with Crippen LogP contribution in [0.15, 0.2) is 42.5 Å². The first-order valence-electron chi connectivity index (χ1n) is 4.06. The molecule has 2 N–H and O–H groups in total. The van der Waals surface area contributed by atoms with Gasteiger partial charge in [0.1, 0.15) is 0 Å². The molecule has 14 heavy (non-hydrogen) atoms. The molecule has 0 aliphatic heterocycles. The Balaban J connectivity index is 0.000000980. The molecule has 66 valence electrons. The van der Waals surface area contributed by atoms with Crippen LogP contribution in [0, 0.1) is 0 Å². The van der Waals surface area contributed by atoms with E-state index in [9.17, 15) is 4.79 Å². The summed E-state index contributed by atoms with van der Waals surface area (Å²) >= 11 is 0. The van der Waals surface area contributed by atoms with Crippen molar-refractivity contribution in [1.82, 2.24) is 0 Å². The number of primary amides is 1. The Morgan fingerprint density at radius 3 is 2.36 bits per heavy atom.